The van der Waals surface area contributed by atoms with E-state index in [1.165, 1.54) is 0 Å². The van der Waals surface area contributed by atoms with Crippen molar-refractivity contribution in [2.75, 3.05) is 33.5 Å². The number of rotatable bonds is 5. The minimum absolute atomic E-state index is 0. The van der Waals surface area contributed by atoms with Crippen molar-refractivity contribution in [1.29, 1.82) is 0 Å². The molecule has 66 valence electrons. The van der Waals surface area contributed by atoms with Crippen LogP contribution >= 0.6 is 12.4 Å². The molecular weight excluding hydrogens is 156 g/mol. The van der Waals surface area contributed by atoms with Gasteiger partial charge in [0.1, 0.15) is 0 Å². The van der Waals surface area contributed by atoms with Gasteiger partial charge in [-0.25, -0.2) is 0 Å². The summed E-state index contributed by atoms with van der Waals surface area (Å²) in [5.41, 5.74) is 5.14. The minimum atomic E-state index is 0. The molecule has 0 atom stereocenters. The topological polar surface area (TPSA) is 79.5 Å². The Morgan fingerprint density at radius 1 is 1.20 bits per heavy atom. The van der Waals surface area contributed by atoms with Crippen molar-refractivity contribution in [3.8, 4) is 0 Å². The zero-order chi connectivity index (χ0) is 6.24. The van der Waals surface area contributed by atoms with Gasteiger partial charge in [-0.05, 0) is 0 Å². The fraction of sp³-hybridized carbons (Fsp3) is 1.00. The van der Waals surface area contributed by atoms with Crippen LogP contribution in [0.25, 0.3) is 0 Å². The summed E-state index contributed by atoms with van der Waals surface area (Å²) in [4.78, 5) is 0. The van der Waals surface area contributed by atoms with Crippen molar-refractivity contribution in [2.45, 2.75) is 0 Å². The van der Waals surface area contributed by atoms with Crippen LogP contribution in [0.2, 0.25) is 0 Å². The molecule has 0 aliphatic carbocycles. The third-order valence-corrected chi connectivity index (χ3v) is 0.694. The predicted octanol–water partition coefficient (Wildman–Crippen LogP) is 0.192. The van der Waals surface area contributed by atoms with Crippen molar-refractivity contribution in [2.24, 2.45) is 5.73 Å². The number of methoxy groups -OCH3 is 1. The molecule has 0 bridgehead atoms. The van der Waals surface area contributed by atoms with Crippen LogP contribution in [-0.2, 0) is 9.47 Å². The van der Waals surface area contributed by atoms with E-state index >= 15 is 0 Å². The van der Waals surface area contributed by atoms with Crippen LogP contribution in [0.1, 0.15) is 0 Å². The highest BCUT2D eigenvalue weighted by Crippen LogP contribution is 1.71. The molecule has 5 heteroatoms. The molecule has 0 spiro atoms. The summed E-state index contributed by atoms with van der Waals surface area (Å²) in [6, 6.07) is 0. The summed E-state index contributed by atoms with van der Waals surface area (Å²) in [7, 11) is 1.64. The quantitative estimate of drug-likeness (QED) is 0.581. The van der Waals surface area contributed by atoms with E-state index in [0.29, 0.717) is 26.4 Å². The Labute approximate surface area is 68.1 Å². The van der Waals surface area contributed by atoms with Crippen LogP contribution in [-0.4, -0.2) is 33.5 Å². The average Bonchev–Trinajstić information content (AvgIpc) is 1.81. The number of ether oxygens (including phenoxy) is 2. The number of hydrogen-bond donors (Lipinski definition) is 2. The highest BCUT2D eigenvalue weighted by molar-refractivity contribution is 5.85. The molecule has 0 rings (SSSR count). The highest BCUT2D eigenvalue weighted by atomic mass is 35.5. The lowest BCUT2D eigenvalue weighted by Gasteiger charge is -1.98. The minimum Gasteiger partial charge on any atom is -0.382 e. The van der Waals surface area contributed by atoms with Gasteiger partial charge in [-0.1, -0.05) is 0 Å². The van der Waals surface area contributed by atoms with Crippen molar-refractivity contribution in [3.05, 3.63) is 0 Å². The summed E-state index contributed by atoms with van der Waals surface area (Å²) in [6.07, 6.45) is 0. The summed E-state index contributed by atoms with van der Waals surface area (Å²) < 4.78 is 9.70. The summed E-state index contributed by atoms with van der Waals surface area (Å²) >= 11 is 0. The molecule has 0 aliphatic heterocycles. The van der Waals surface area contributed by atoms with E-state index in [-0.39, 0.29) is 18.6 Å². The largest absolute Gasteiger partial charge is 0.382 e. The van der Waals surface area contributed by atoms with Gasteiger partial charge in [-0.2, -0.15) is 0 Å². The molecule has 0 heterocycles. The molecule has 0 aromatic rings. The van der Waals surface area contributed by atoms with Gasteiger partial charge < -0.3 is 21.4 Å². The molecule has 5 N–H and O–H groups in total. The first-order chi connectivity index (χ1) is 3.91. The first kappa shape index (κ1) is 16.6. The van der Waals surface area contributed by atoms with Crippen LogP contribution in [0.3, 0.4) is 0 Å². The molecule has 0 aromatic heterocycles. The Bertz CT molecular complexity index is 42.6. The Kier molecular flexibility index (Phi) is 26.7. The molecule has 0 radical (unpaired) electrons. The normalized spacial score (nSPS) is 7.80. The Balaban J connectivity index is -0.000000245. The molecule has 0 aromatic carbocycles. The second kappa shape index (κ2) is 16.1. The van der Waals surface area contributed by atoms with E-state index < -0.39 is 0 Å². The summed E-state index contributed by atoms with van der Waals surface area (Å²) in [5.74, 6) is 0. The molecule has 10 heavy (non-hydrogen) atoms. The predicted molar refractivity (Wildman–Crippen MR) is 44.0 cm³/mol. The third kappa shape index (κ3) is 15.7. The second-order valence-corrected chi connectivity index (χ2v) is 1.39. The molecule has 0 unspecified atom stereocenters. The maximum absolute atomic E-state index is 5.14. The molecular formula is C5H17ClN2O2. The van der Waals surface area contributed by atoms with Crippen LogP contribution in [0, 0.1) is 0 Å². The van der Waals surface area contributed by atoms with Gasteiger partial charge in [0.05, 0.1) is 19.8 Å². The Hall–Kier alpha value is 0.130. The third-order valence-electron chi connectivity index (χ3n) is 0.694. The van der Waals surface area contributed by atoms with Crippen LogP contribution < -0.4 is 11.9 Å². The monoisotopic (exact) mass is 172 g/mol. The molecule has 0 amide bonds. The van der Waals surface area contributed by atoms with Crippen molar-refractivity contribution >= 4 is 12.4 Å². The van der Waals surface area contributed by atoms with Crippen LogP contribution in [0.4, 0.5) is 0 Å². The van der Waals surface area contributed by atoms with E-state index in [1.807, 2.05) is 0 Å². The summed E-state index contributed by atoms with van der Waals surface area (Å²) in [5, 5.41) is 0. The van der Waals surface area contributed by atoms with Crippen LogP contribution in [0.15, 0.2) is 0 Å². The smallest absolute Gasteiger partial charge is 0.0700 e. The Morgan fingerprint density at radius 3 is 2.20 bits per heavy atom. The Morgan fingerprint density at radius 2 is 1.80 bits per heavy atom. The summed E-state index contributed by atoms with van der Waals surface area (Å²) in [6.45, 7) is 2.51. The molecule has 4 nitrogen and oxygen atoms in total. The zero-order valence-electron chi connectivity index (χ0n) is 6.34. The first-order valence-electron chi connectivity index (χ1n) is 2.68. The van der Waals surface area contributed by atoms with Gasteiger partial charge in [0, 0.05) is 13.7 Å². The van der Waals surface area contributed by atoms with Gasteiger partial charge in [0.25, 0.3) is 0 Å². The van der Waals surface area contributed by atoms with Gasteiger partial charge in [-0.3, -0.25) is 0 Å². The molecule has 0 aliphatic rings. The van der Waals surface area contributed by atoms with E-state index in [0.717, 1.165) is 0 Å². The maximum atomic E-state index is 5.14. The highest BCUT2D eigenvalue weighted by Gasteiger charge is 1.81. The molecule has 0 saturated heterocycles. The van der Waals surface area contributed by atoms with Gasteiger partial charge in [0.15, 0.2) is 0 Å². The van der Waals surface area contributed by atoms with E-state index in [4.69, 9.17) is 15.2 Å². The number of nitrogens with two attached hydrogens (primary N) is 1. The zero-order valence-corrected chi connectivity index (χ0v) is 7.15. The van der Waals surface area contributed by atoms with Gasteiger partial charge in [0.2, 0.25) is 0 Å². The first-order valence-corrected chi connectivity index (χ1v) is 2.68. The van der Waals surface area contributed by atoms with Crippen molar-refractivity contribution in [1.82, 2.24) is 6.15 Å². The lowest BCUT2D eigenvalue weighted by molar-refractivity contribution is 0.0747. The van der Waals surface area contributed by atoms with Gasteiger partial charge in [-0.15, -0.1) is 12.4 Å². The van der Waals surface area contributed by atoms with E-state index in [2.05, 4.69) is 0 Å². The maximum Gasteiger partial charge on any atom is 0.0700 e. The van der Waals surface area contributed by atoms with Crippen LogP contribution in [0.5, 0.6) is 0 Å². The van der Waals surface area contributed by atoms with E-state index in [9.17, 15) is 0 Å². The lowest BCUT2D eigenvalue weighted by Crippen LogP contribution is -2.11. The molecule has 0 fully saturated rings. The van der Waals surface area contributed by atoms with Crippen molar-refractivity contribution in [3.63, 3.8) is 0 Å². The fourth-order valence-corrected chi connectivity index (χ4v) is 0.328. The lowest BCUT2D eigenvalue weighted by atomic mass is 10.7. The average molecular weight is 173 g/mol. The van der Waals surface area contributed by atoms with E-state index in [1.54, 1.807) is 7.11 Å². The number of halogens is 1. The SMILES string of the molecule is COCCOCCN.Cl.N. The van der Waals surface area contributed by atoms with Gasteiger partial charge >= 0.3 is 0 Å². The molecule has 0 saturated carbocycles. The fourth-order valence-electron chi connectivity index (χ4n) is 0.328. The standard InChI is InChI=1S/C5H13NO2.ClH.H3N/c1-7-4-5-8-3-2-6;;/h2-6H2,1H3;1H;1H3. The van der Waals surface area contributed by atoms with Crippen molar-refractivity contribution < 1.29 is 9.47 Å². The second-order valence-electron chi connectivity index (χ2n) is 1.39. The number of hydrogen-bond acceptors (Lipinski definition) is 4.